The Morgan fingerprint density at radius 3 is 0.981 bits per heavy atom. The highest BCUT2D eigenvalue weighted by Crippen LogP contribution is 2.48. The van der Waals surface area contributed by atoms with Crippen LogP contribution >= 0.6 is 0 Å². The van der Waals surface area contributed by atoms with Crippen molar-refractivity contribution in [1.82, 2.24) is 0 Å². The van der Waals surface area contributed by atoms with Crippen LogP contribution in [0.25, 0.3) is 98.0 Å². The summed E-state index contributed by atoms with van der Waals surface area (Å²) in [5.74, 6) is 1.77. The highest BCUT2D eigenvalue weighted by molar-refractivity contribution is 6.17. The minimum absolute atomic E-state index is 0.489. The number of benzene rings is 10. The molecular formula is C50H32O2. The third-order valence-electron chi connectivity index (χ3n) is 10.9. The van der Waals surface area contributed by atoms with E-state index in [1.54, 1.807) is 0 Å². The molecule has 2 nitrogen and oxygen atoms in total. The maximum absolute atomic E-state index is 6.44. The van der Waals surface area contributed by atoms with Crippen molar-refractivity contribution in [3.05, 3.63) is 170 Å². The number of hydrogen-bond donors (Lipinski definition) is 0. The molecule has 0 saturated carbocycles. The van der Waals surface area contributed by atoms with Gasteiger partial charge in [-0.3, -0.25) is 0 Å². The Labute approximate surface area is 301 Å². The summed E-state index contributed by atoms with van der Waals surface area (Å²) in [5.41, 5.74) is 7.09. The highest BCUT2D eigenvalue weighted by Gasteiger charge is 2.22. The van der Waals surface area contributed by atoms with Crippen molar-refractivity contribution in [2.45, 2.75) is 0 Å². The van der Waals surface area contributed by atoms with Crippen molar-refractivity contribution in [2.75, 3.05) is 13.2 Å². The standard InChI is InChI=1S/C50H32O2/c1-5-13-39-31(9-1)27-32-10-2-6-14-40(32)47(39)37-17-21-43-35(29-37)19-23-45-49(43)50-44-22-18-38(30-36(44)20-24-46(50)52-26-25-51-45)48-41-15-7-3-11-33(41)28-34-12-4-8-16-42(34)48/h1-24,27-30H,25-26H2. The van der Waals surface area contributed by atoms with Gasteiger partial charge in [-0.15, -0.1) is 0 Å². The minimum atomic E-state index is 0.489. The molecule has 244 valence electrons. The quantitative estimate of drug-likeness (QED) is 0.171. The van der Waals surface area contributed by atoms with Gasteiger partial charge in [-0.1, -0.05) is 133 Å². The summed E-state index contributed by atoms with van der Waals surface area (Å²) >= 11 is 0. The maximum atomic E-state index is 6.44. The molecule has 1 aliphatic heterocycles. The summed E-state index contributed by atoms with van der Waals surface area (Å²) in [4.78, 5) is 0. The van der Waals surface area contributed by atoms with Crippen LogP contribution < -0.4 is 9.47 Å². The minimum Gasteiger partial charge on any atom is -0.489 e. The molecule has 11 rings (SSSR count). The Hall–Kier alpha value is -6.64. The maximum Gasteiger partial charge on any atom is 0.128 e. The summed E-state index contributed by atoms with van der Waals surface area (Å²) in [5, 5.41) is 14.6. The van der Waals surface area contributed by atoms with Crippen LogP contribution in [0.2, 0.25) is 0 Å². The third-order valence-corrected chi connectivity index (χ3v) is 10.9. The van der Waals surface area contributed by atoms with Crippen molar-refractivity contribution < 1.29 is 9.47 Å². The lowest BCUT2D eigenvalue weighted by molar-refractivity contribution is 0.215. The van der Waals surface area contributed by atoms with Crippen LogP contribution in [0.5, 0.6) is 11.5 Å². The number of hydrogen-bond acceptors (Lipinski definition) is 2. The smallest absolute Gasteiger partial charge is 0.128 e. The molecular weight excluding hydrogens is 633 g/mol. The largest absolute Gasteiger partial charge is 0.489 e. The van der Waals surface area contributed by atoms with Gasteiger partial charge in [-0.25, -0.2) is 0 Å². The van der Waals surface area contributed by atoms with Crippen LogP contribution in [0.15, 0.2) is 170 Å². The molecule has 10 aromatic carbocycles. The molecule has 52 heavy (non-hydrogen) atoms. The molecule has 0 unspecified atom stereocenters. The van der Waals surface area contributed by atoms with Crippen molar-refractivity contribution >= 4 is 64.6 Å². The van der Waals surface area contributed by atoms with E-state index in [9.17, 15) is 0 Å². The summed E-state index contributed by atoms with van der Waals surface area (Å²) in [6, 6.07) is 62.0. The topological polar surface area (TPSA) is 18.5 Å². The van der Waals surface area contributed by atoms with E-state index in [4.69, 9.17) is 9.47 Å². The van der Waals surface area contributed by atoms with Gasteiger partial charge in [-0.05, 0) is 123 Å². The van der Waals surface area contributed by atoms with E-state index >= 15 is 0 Å². The Morgan fingerprint density at radius 2 is 0.596 bits per heavy atom. The predicted molar refractivity (Wildman–Crippen MR) is 219 cm³/mol. The van der Waals surface area contributed by atoms with Gasteiger partial charge in [0.15, 0.2) is 0 Å². The zero-order valence-electron chi connectivity index (χ0n) is 28.4. The van der Waals surface area contributed by atoms with Gasteiger partial charge in [0.25, 0.3) is 0 Å². The molecule has 0 aromatic heterocycles. The van der Waals surface area contributed by atoms with Crippen molar-refractivity contribution in [3.63, 3.8) is 0 Å². The molecule has 2 heteroatoms. The van der Waals surface area contributed by atoms with Gasteiger partial charge in [0.1, 0.15) is 24.7 Å². The Morgan fingerprint density at radius 1 is 0.269 bits per heavy atom. The van der Waals surface area contributed by atoms with Crippen LogP contribution in [0, 0.1) is 0 Å². The molecule has 0 saturated heterocycles. The molecule has 0 radical (unpaired) electrons. The monoisotopic (exact) mass is 664 g/mol. The average molecular weight is 665 g/mol. The van der Waals surface area contributed by atoms with E-state index < -0.39 is 0 Å². The van der Waals surface area contributed by atoms with E-state index in [0.29, 0.717) is 13.2 Å². The van der Waals surface area contributed by atoms with Gasteiger partial charge < -0.3 is 9.47 Å². The fourth-order valence-electron chi connectivity index (χ4n) is 8.64. The van der Waals surface area contributed by atoms with Gasteiger partial charge in [-0.2, -0.15) is 0 Å². The Bertz CT molecular complexity index is 2760. The van der Waals surface area contributed by atoms with Crippen LogP contribution in [-0.4, -0.2) is 13.2 Å². The van der Waals surface area contributed by atoms with Crippen LogP contribution in [0.4, 0.5) is 0 Å². The molecule has 0 amide bonds. The lowest BCUT2D eigenvalue weighted by atomic mass is 9.87. The summed E-state index contributed by atoms with van der Waals surface area (Å²) in [6.45, 7) is 0.978. The number of ether oxygens (including phenoxy) is 2. The first kappa shape index (κ1) is 29.1. The van der Waals surface area contributed by atoms with E-state index in [2.05, 4.69) is 170 Å². The van der Waals surface area contributed by atoms with Crippen molar-refractivity contribution in [2.24, 2.45) is 0 Å². The summed E-state index contributed by atoms with van der Waals surface area (Å²) in [6.07, 6.45) is 0. The van der Waals surface area contributed by atoms with Gasteiger partial charge in [0.05, 0.1) is 0 Å². The average Bonchev–Trinajstić information content (AvgIpc) is 3.19. The lowest BCUT2D eigenvalue weighted by Crippen LogP contribution is -2.12. The third kappa shape index (κ3) is 4.44. The Balaban J connectivity index is 1.14. The molecule has 0 bridgehead atoms. The highest BCUT2D eigenvalue weighted by atomic mass is 16.5. The first-order chi connectivity index (χ1) is 25.8. The SMILES string of the molecule is c1ccc2c(-c3ccc4c5c(ccc4c3)OCCOc3ccc4cc(-c6c7ccccc7cc7ccccc67)ccc4c3-5)c3ccccc3cc2c1. The molecule has 0 N–H and O–H groups in total. The van der Waals surface area contributed by atoms with E-state index in [-0.39, 0.29) is 0 Å². The van der Waals surface area contributed by atoms with Crippen LogP contribution in [0.3, 0.4) is 0 Å². The van der Waals surface area contributed by atoms with Gasteiger partial charge >= 0.3 is 0 Å². The predicted octanol–water partition coefficient (Wildman–Crippen LogP) is 13.4. The Kier molecular flexibility index (Phi) is 6.41. The second-order valence-electron chi connectivity index (χ2n) is 13.8. The van der Waals surface area contributed by atoms with Crippen LogP contribution in [0.1, 0.15) is 0 Å². The fraction of sp³-hybridized carbons (Fsp3) is 0.0400. The molecule has 0 atom stereocenters. The molecule has 0 spiro atoms. The summed E-state index contributed by atoms with van der Waals surface area (Å²) in [7, 11) is 0. The lowest BCUT2D eigenvalue weighted by Gasteiger charge is -2.23. The van der Waals surface area contributed by atoms with Gasteiger partial charge in [0.2, 0.25) is 0 Å². The second-order valence-corrected chi connectivity index (χ2v) is 13.8. The van der Waals surface area contributed by atoms with E-state index in [1.165, 1.54) is 76.1 Å². The number of rotatable bonds is 2. The zero-order valence-corrected chi connectivity index (χ0v) is 28.4. The molecule has 1 aliphatic rings. The van der Waals surface area contributed by atoms with Crippen molar-refractivity contribution in [3.8, 4) is 44.9 Å². The van der Waals surface area contributed by atoms with Crippen LogP contribution in [-0.2, 0) is 0 Å². The van der Waals surface area contributed by atoms with E-state index in [1.807, 2.05) is 0 Å². The number of fused-ring (bicyclic) bond motifs is 11. The van der Waals surface area contributed by atoms with Gasteiger partial charge in [0, 0.05) is 11.1 Å². The van der Waals surface area contributed by atoms with E-state index in [0.717, 1.165) is 33.4 Å². The normalized spacial score (nSPS) is 12.8. The second kappa shape index (κ2) is 11.4. The van der Waals surface area contributed by atoms with Crippen molar-refractivity contribution in [1.29, 1.82) is 0 Å². The fourth-order valence-corrected chi connectivity index (χ4v) is 8.64. The molecule has 1 heterocycles. The summed E-state index contributed by atoms with van der Waals surface area (Å²) < 4.78 is 12.9. The first-order valence-electron chi connectivity index (χ1n) is 18.0. The first-order valence-corrected chi connectivity index (χ1v) is 18.0. The molecule has 0 fully saturated rings. The molecule has 0 aliphatic carbocycles. The molecule has 10 aromatic rings. The zero-order chi connectivity index (χ0) is 34.2.